The monoisotopic (exact) mass is 1420 g/mol. The standard InChI is InChI=1S/C81H141NO18/c1-3-5-7-9-11-13-15-17-19-21-23-25-27-29-31-32-33-35-37-39-41-43-45-47-49-51-53-55-57-59-69(87)82-64(65(86)58-56-54-52-50-48-46-44-42-40-38-36-34-30-28-26-24-22-20-18-16-14-12-10-8-6-4-2)63-95-79-75(93)72(90)77(67(61-84)97-79)100-81-76(94)73(91)78(68(62-85)98-81)99-80-74(92)71(89)70(88)66(60-83)96-80/h5,7,11,13,17,19,23,25,29,31,33,35,39,41,45,47,64-68,70-81,83-86,88-94H,3-4,6,8-10,12,14-16,18,20-22,24,26-28,30,32,34,36-38,40,42-44,46,48-63H2,1-2H3,(H,82,87)/b7-5-,13-11-,19-17-,25-23-,31-29-,35-33-,41-39-,47-45-. The molecular weight excluding hydrogens is 1270 g/mol. The number of rotatable bonds is 61. The molecule has 0 aliphatic carbocycles. The first-order chi connectivity index (χ1) is 48.8. The molecule has 0 aromatic rings. The second kappa shape index (κ2) is 60.9. The first-order valence-electron chi connectivity index (χ1n) is 39.5. The number of carbonyl (C=O) groups excluding carboxylic acids is 1. The number of nitrogens with one attached hydrogen (secondary N) is 1. The van der Waals surface area contributed by atoms with Gasteiger partial charge in [0.25, 0.3) is 0 Å². The normalized spacial score (nSPS) is 27.0. The molecule has 0 bridgehead atoms. The highest BCUT2D eigenvalue weighted by Crippen LogP contribution is 2.33. The Morgan fingerprint density at radius 1 is 0.370 bits per heavy atom. The molecule has 3 rings (SSSR count). The molecule has 3 saturated heterocycles. The molecule has 0 aromatic heterocycles. The molecule has 1 amide bonds. The van der Waals surface area contributed by atoms with E-state index in [0.717, 1.165) is 103 Å². The fraction of sp³-hybridized carbons (Fsp3) is 0.790. The maximum Gasteiger partial charge on any atom is 0.220 e. The van der Waals surface area contributed by atoms with Crippen LogP contribution in [-0.4, -0.2) is 193 Å². The zero-order valence-corrected chi connectivity index (χ0v) is 61.6. The fourth-order valence-corrected chi connectivity index (χ4v) is 12.9. The molecule has 3 aliphatic heterocycles. The molecule has 12 N–H and O–H groups in total. The van der Waals surface area contributed by atoms with E-state index in [-0.39, 0.29) is 18.9 Å². The van der Waals surface area contributed by atoms with Crippen LogP contribution in [0.15, 0.2) is 97.2 Å². The highest BCUT2D eigenvalue weighted by atomic mass is 16.8. The summed E-state index contributed by atoms with van der Waals surface area (Å²) in [5, 5.41) is 121. The van der Waals surface area contributed by atoms with Gasteiger partial charge < -0.3 is 89.9 Å². The molecule has 3 fully saturated rings. The van der Waals surface area contributed by atoms with Crippen molar-refractivity contribution in [3.8, 4) is 0 Å². The van der Waals surface area contributed by atoms with Gasteiger partial charge in [0.2, 0.25) is 5.91 Å². The van der Waals surface area contributed by atoms with Crippen LogP contribution >= 0.6 is 0 Å². The van der Waals surface area contributed by atoms with Gasteiger partial charge in [-0.25, -0.2) is 0 Å². The van der Waals surface area contributed by atoms with Gasteiger partial charge in [-0.05, 0) is 77.0 Å². The van der Waals surface area contributed by atoms with Gasteiger partial charge in [-0.15, -0.1) is 0 Å². The number of aliphatic hydroxyl groups is 11. The van der Waals surface area contributed by atoms with Crippen LogP contribution in [0.2, 0.25) is 0 Å². The van der Waals surface area contributed by atoms with Crippen LogP contribution in [0.4, 0.5) is 0 Å². The number of hydrogen-bond donors (Lipinski definition) is 12. The largest absolute Gasteiger partial charge is 0.394 e. The zero-order valence-electron chi connectivity index (χ0n) is 61.6. The van der Waals surface area contributed by atoms with Crippen molar-refractivity contribution in [2.24, 2.45) is 0 Å². The minimum Gasteiger partial charge on any atom is -0.394 e. The van der Waals surface area contributed by atoms with E-state index in [0.29, 0.717) is 12.8 Å². The van der Waals surface area contributed by atoms with Crippen LogP contribution in [0.3, 0.4) is 0 Å². The molecule has 3 heterocycles. The smallest absolute Gasteiger partial charge is 0.220 e. The number of aliphatic hydroxyl groups excluding tert-OH is 11. The van der Waals surface area contributed by atoms with Crippen molar-refractivity contribution in [1.29, 1.82) is 0 Å². The van der Waals surface area contributed by atoms with Crippen LogP contribution in [0.5, 0.6) is 0 Å². The molecule has 0 saturated carbocycles. The van der Waals surface area contributed by atoms with E-state index < -0.39 is 124 Å². The molecule has 19 nitrogen and oxygen atoms in total. The lowest BCUT2D eigenvalue weighted by molar-refractivity contribution is -0.379. The van der Waals surface area contributed by atoms with E-state index in [1.807, 2.05) is 0 Å². The molecule has 578 valence electrons. The SMILES string of the molecule is CC/C=C\C/C=C\C/C=C\C/C=C\C/C=C\C/C=C\C/C=C\C/C=C\CCCCCCC(=O)NC(COC1OC(CO)C(OC2OC(CO)C(OC3OC(CO)C(O)C(O)C3O)C(O)C2O)C(O)C1O)C(O)CCCCCCCCCCCCCCCCCCCCCCCCCCCC. The van der Waals surface area contributed by atoms with Crippen molar-refractivity contribution in [2.75, 3.05) is 26.4 Å². The molecule has 100 heavy (non-hydrogen) atoms. The van der Waals surface area contributed by atoms with E-state index in [4.69, 9.17) is 28.4 Å². The third-order valence-corrected chi connectivity index (χ3v) is 19.2. The summed E-state index contributed by atoms with van der Waals surface area (Å²) in [4.78, 5) is 13.5. The Morgan fingerprint density at radius 2 is 0.690 bits per heavy atom. The van der Waals surface area contributed by atoms with E-state index in [1.165, 1.54) is 141 Å². The molecule has 0 aromatic carbocycles. The van der Waals surface area contributed by atoms with Crippen molar-refractivity contribution in [1.82, 2.24) is 5.32 Å². The molecule has 0 spiro atoms. The Kier molecular flexibility index (Phi) is 55.4. The van der Waals surface area contributed by atoms with Gasteiger partial charge in [0, 0.05) is 6.42 Å². The quantitative estimate of drug-likeness (QED) is 0.0199. The summed E-state index contributed by atoms with van der Waals surface area (Å²) in [5.74, 6) is -0.268. The van der Waals surface area contributed by atoms with Crippen molar-refractivity contribution in [3.05, 3.63) is 97.2 Å². The first kappa shape index (κ1) is 90.9. The average Bonchev–Trinajstić information content (AvgIpc) is 0.783. The molecule has 3 aliphatic rings. The second-order valence-corrected chi connectivity index (χ2v) is 27.8. The van der Waals surface area contributed by atoms with Crippen molar-refractivity contribution in [2.45, 2.75) is 381 Å². The first-order valence-corrected chi connectivity index (χ1v) is 39.5. The van der Waals surface area contributed by atoms with Gasteiger partial charge >= 0.3 is 0 Å². The number of ether oxygens (including phenoxy) is 6. The van der Waals surface area contributed by atoms with E-state index >= 15 is 0 Å². The van der Waals surface area contributed by atoms with Crippen LogP contribution < -0.4 is 5.32 Å². The average molecular weight is 1420 g/mol. The van der Waals surface area contributed by atoms with Crippen LogP contribution in [0.1, 0.15) is 277 Å². The minimum absolute atomic E-state index is 0.231. The molecule has 19 heteroatoms. The molecular formula is C81H141NO18. The third kappa shape index (κ3) is 40.8. The van der Waals surface area contributed by atoms with Gasteiger partial charge in [-0.2, -0.15) is 0 Å². The van der Waals surface area contributed by atoms with Crippen molar-refractivity contribution >= 4 is 5.91 Å². The van der Waals surface area contributed by atoms with Gasteiger partial charge in [0.05, 0.1) is 38.6 Å². The number of carbonyl (C=O) groups is 1. The lowest BCUT2D eigenvalue weighted by Gasteiger charge is -2.48. The highest BCUT2D eigenvalue weighted by Gasteiger charge is 2.54. The third-order valence-electron chi connectivity index (χ3n) is 19.2. The van der Waals surface area contributed by atoms with Crippen molar-refractivity contribution in [3.63, 3.8) is 0 Å². The summed E-state index contributed by atoms with van der Waals surface area (Å²) in [7, 11) is 0. The van der Waals surface area contributed by atoms with Crippen LogP contribution in [0.25, 0.3) is 0 Å². The fourth-order valence-electron chi connectivity index (χ4n) is 12.9. The maximum atomic E-state index is 13.5. The second-order valence-electron chi connectivity index (χ2n) is 27.8. The number of hydrogen-bond acceptors (Lipinski definition) is 18. The van der Waals surface area contributed by atoms with Gasteiger partial charge in [0.1, 0.15) is 73.2 Å². The summed E-state index contributed by atoms with van der Waals surface area (Å²) in [5.41, 5.74) is 0. The Bertz CT molecular complexity index is 2190. The summed E-state index contributed by atoms with van der Waals surface area (Å²) in [6, 6.07) is -0.910. The van der Waals surface area contributed by atoms with Gasteiger partial charge in [-0.3, -0.25) is 4.79 Å². The number of allylic oxidation sites excluding steroid dienone is 16. The van der Waals surface area contributed by atoms with E-state index in [1.54, 1.807) is 0 Å². The minimum atomic E-state index is -1.98. The van der Waals surface area contributed by atoms with Gasteiger partial charge in [0.15, 0.2) is 18.9 Å². The predicted octanol–water partition coefficient (Wildman–Crippen LogP) is 12.8. The van der Waals surface area contributed by atoms with E-state index in [9.17, 15) is 61.0 Å². The van der Waals surface area contributed by atoms with E-state index in [2.05, 4.69) is 116 Å². The van der Waals surface area contributed by atoms with Gasteiger partial charge in [-0.1, -0.05) is 291 Å². The molecule has 17 atom stereocenters. The topological polar surface area (TPSA) is 307 Å². The summed E-state index contributed by atoms with van der Waals surface area (Å²) < 4.78 is 34.5. The Balaban J connectivity index is 1.40. The Morgan fingerprint density at radius 3 is 1.08 bits per heavy atom. The zero-order chi connectivity index (χ0) is 72.5. The maximum absolute atomic E-state index is 13.5. The molecule has 17 unspecified atom stereocenters. The van der Waals surface area contributed by atoms with Crippen molar-refractivity contribution < 1.29 is 89.4 Å². The lowest BCUT2D eigenvalue weighted by atomic mass is 9.96. The summed E-state index contributed by atoms with van der Waals surface area (Å²) >= 11 is 0. The Hall–Kier alpha value is -3.29. The summed E-state index contributed by atoms with van der Waals surface area (Å²) in [6.07, 6.45) is 54.8. The number of unbranched alkanes of at least 4 members (excludes halogenated alkanes) is 29. The Labute approximate surface area is 603 Å². The number of amides is 1. The van der Waals surface area contributed by atoms with Crippen LogP contribution in [0, 0.1) is 0 Å². The highest BCUT2D eigenvalue weighted by molar-refractivity contribution is 5.76. The predicted molar refractivity (Wildman–Crippen MR) is 397 cm³/mol. The van der Waals surface area contributed by atoms with Crippen LogP contribution in [-0.2, 0) is 33.2 Å². The molecule has 0 radical (unpaired) electrons. The summed E-state index contributed by atoms with van der Waals surface area (Å²) in [6.45, 7) is 1.69. The lowest BCUT2D eigenvalue weighted by Crippen LogP contribution is -2.66.